The molecule has 3 rings (SSSR count). The third kappa shape index (κ3) is 3.49. The van der Waals surface area contributed by atoms with Crippen LogP contribution in [0.25, 0.3) is 10.8 Å². The number of carbonyl (C=O) groups excluding carboxylic acids is 1. The van der Waals surface area contributed by atoms with E-state index >= 15 is 0 Å². The van der Waals surface area contributed by atoms with Gasteiger partial charge in [-0.3, -0.25) is 0 Å². The summed E-state index contributed by atoms with van der Waals surface area (Å²) in [5.41, 5.74) is 3.01. The number of hydrogen-bond acceptors (Lipinski definition) is 2. The number of benzene rings is 3. The molecule has 24 heavy (non-hydrogen) atoms. The lowest BCUT2D eigenvalue weighted by atomic mass is 10.1. The first kappa shape index (κ1) is 15.9. The SMILES string of the molecule is Cc1cccc(OCNC(=O)Nc2cccc3ccccc23)c1C. The van der Waals surface area contributed by atoms with Crippen LogP contribution in [0.5, 0.6) is 5.75 Å². The van der Waals surface area contributed by atoms with Gasteiger partial charge in [0.05, 0.1) is 5.69 Å². The van der Waals surface area contributed by atoms with Crippen molar-refractivity contribution in [2.45, 2.75) is 13.8 Å². The highest BCUT2D eigenvalue weighted by Gasteiger charge is 2.06. The van der Waals surface area contributed by atoms with Crippen molar-refractivity contribution in [3.8, 4) is 5.75 Å². The Morgan fingerprint density at radius 2 is 1.71 bits per heavy atom. The molecule has 0 unspecified atom stereocenters. The summed E-state index contributed by atoms with van der Waals surface area (Å²) in [5, 5.41) is 7.68. The van der Waals surface area contributed by atoms with Crippen LogP contribution >= 0.6 is 0 Å². The first-order valence-electron chi connectivity index (χ1n) is 7.87. The molecule has 4 heteroatoms. The van der Waals surface area contributed by atoms with Crippen LogP contribution in [0, 0.1) is 13.8 Å². The van der Waals surface area contributed by atoms with E-state index in [2.05, 4.69) is 10.6 Å². The summed E-state index contributed by atoms with van der Waals surface area (Å²) in [6.45, 7) is 4.14. The van der Waals surface area contributed by atoms with Gasteiger partial charge in [-0.15, -0.1) is 0 Å². The smallest absolute Gasteiger partial charge is 0.321 e. The van der Waals surface area contributed by atoms with E-state index in [0.29, 0.717) is 0 Å². The normalized spacial score (nSPS) is 10.4. The third-order valence-corrected chi connectivity index (χ3v) is 4.05. The number of carbonyl (C=O) groups is 1. The van der Waals surface area contributed by atoms with Crippen LogP contribution in [0.4, 0.5) is 10.5 Å². The van der Waals surface area contributed by atoms with Gasteiger partial charge in [-0.05, 0) is 42.5 Å². The summed E-state index contributed by atoms with van der Waals surface area (Å²) in [6.07, 6.45) is 0. The molecule has 0 spiro atoms. The Kier molecular flexibility index (Phi) is 4.66. The zero-order valence-electron chi connectivity index (χ0n) is 13.8. The van der Waals surface area contributed by atoms with Gasteiger partial charge in [0, 0.05) is 5.39 Å². The predicted octanol–water partition coefficient (Wildman–Crippen LogP) is 4.61. The van der Waals surface area contributed by atoms with Crippen molar-refractivity contribution in [3.05, 3.63) is 71.8 Å². The second kappa shape index (κ2) is 7.04. The van der Waals surface area contributed by atoms with Gasteiger partial charge in [0.25, 0.3) is 0 Å². The van der Waals surface area contributed by atoms with Crippen molar-refractivity contribution in [1.82, 2.24) is 5.32 Å². The second-order valence-corrected chi connectivity index (χ2v) is 5.64. The highest BCUT2D eigenvalue weighted by atomic mass is 16.5. The fourth-order valence-corrected chi connectivity index (χ4v) is 2.56. The van der Waals surface area contributed by atoms with E-state index < -0.39 is 0 Å². The molecule has 0 aliphatic heterocycles. The molecule has 0 aromatic heterocycles. The topological polar surface area (TPSA) is 50.4 Å². The Labute approximate surface area is 141 Å². The lowest BCUT2D eigenvalue weighted by molar-refractivity contribution is 0.234. The quantitative estimate of drug-likeness (QED) is 0.689. The number of rotatable bonds is 4. The van der Waals surface area contributed by atoms with Crippen molar-refractivity contribution >= 4 is 22.5 Å². The Bertz CT molecular complexity index is 869. The zero-order valence-corrected chi connectivity index (χ0v) is 13.8. The van der Waals surface area contributed by atoms with Gasteiger partial charge < -0.3 is 15.4 Å². The van der Waals surface area contributed by atoms with Gasteiger partial charge in [-0.1, -0.05) is 48.5 Å². The maximum atomic E-state index is 12.1. The van der Waals surface area contributed by atoms with Gasteiger partial charge in [-0.2, -0.15) is 0 Å². The Morgan fingerprint density at radius 3 is 2.58 bits per heavy atom. The minimum atomic E-state index is -0.295. The minimum absolute atomic E-state index is 0.112. The number of ether oxygens (including phenoxy) is 1. The molecule has 0 aliphatic carbocycles. The molecule has 0 saturated carbocycles. The number of amides is 2. The van der Waals surface area contributed by atoms with E-state index in [1.54, 1.807) is 0 Å². The van der Waals surface area contributed by atoms with Crippen LogP contribution < -0.4 is 15.4 Å². The average Bonchev–Trinajstić information content (AvgIpc) is 2.59. The van der Waals surface area contributed by atoms with Gasteiger partial charge >= 0.3 is 6.03 Å². The molecule has 0 bridgehead atoms. The molecule has 0 fully saturated rings. The van der Waals surface area contributed by atoms with E-state index in [-0.39, 0.29) is 12.8 Å². The van der Waals surface area contributed by atoms with Crippen molar-refractivity contribution in [2.24, 2.45) is 0 Å². The van der Waals surface area contributed by atoms with Gasteiger partial charge in [-0.25, -0.2) is 4.79 Å². The lowest BCUT2D eigenvalue weighted by Crippen LogP contribution is -2.32. The average molecular weight is 320 g/mol. The molecule has 3 aromatic carbocycles. The van der Waals surface area contributed by atoms with Crippen LogP contribution in [0.3, 0.4) is 0 Å². The van der Waals surface area contributed by atoms with Crippen LogP contribution in [-0.4, -0.2) is 12.8 Å². The summed E-state index contributed by atoms with van der Waals surface area (Å²) >= 11 is 0. The summed E-state index contributed by atoms with van der Waals surface area (Å²) in [6, 6.07) is 19.3. The molecule has 4 nitrogen and oxygen atoms in total. The second-order valence-electron chi connectivity index (χ2n) is 5.64. The monoisotopic (exact) mass is 320 g/mol. The van der Waals surface area contributed by atoms with Gasteiger partial charge in [0.15, 0.2) is 6.73 Å². The standard InChI is InChI=1S/C20H20N2O2/c1-14-7-5-12-19(15(14)2)24-13-21-20(23)22-18-11-6-9-16-8-3-4-10-17(16)18/h3-12H,13H2,1-2H3,(H2,21,22,23). The molecule has 3 aromatic rings. The van der Waals surface area contributed by atoms with Crippen molar-refractivity contribution in [2.75, 3.05) is 12.0 Å². The van der Waals surface area contributed by atoms with Crippen LogP contribution in [0.15, 0.2) is 60.7 Å². The molecule has 2 N–H and O–H groups in total. The molecule has 0 atom stereocenters. The van der Waals surface area contributed by atoms with E-state index in [4.69, 9.17) is 4.74 Å². The number of urea groups is 1. The Morgan fingerprint density at radius 1 is 0.958 bits per heavy atom. The molecular formula is C20H20N2O2. The first-order chi connectivity index (χ1) is 11.6. The lowest BCUT2D eigenvalue weighted by Gasteiger charge is -2.13. The number of hydrogen-bond donors (Lipinski definition) is 2. The highest BCUT2D eigenvalue weighted by Crippen LogP contribution is 2.23. The van der Waals surface area contributed by atoms with Crippen molar-refractivity contribution in [3.63, 3.8) is 0 Å². The molecular weight excluding hydrogens is 300 g/mol. The van der Waals surface area contributed by atoms with Crippen LogP contribution in [0.1, 0.15) is 11.1 Å². The molecule has 0 saturated heterocycles. The maximum Gasteiger partial charge on any atom is 0.321 e. The van der Waals surface area contributed by atoms with Crippen LogP contribution in [-0.2, 0) is 0 Å². The minimum Gasteiger partial charge on any atom is -0.473 e. The number of anilines is 1. The van der Waals surface area contributed by atoms with Crippen LogP contribution in [0.2, 0.25) is 0 Å². The van der Waals surface area contributed by atoms with Crippen molar-refractivity contribution < 1.29 is 9.53 Å². The molecule has 0 aliphatic rings. The molecule has 2 amide bonds. The van der Waals surface area contributed by atoms with E-state index in [0.717, 1.165) is 33.3 Å². The van der Waals surface area contributed by atoms with E-state index in [1.807, 2.05) is 74.5 Å². The van der Waals surface area contributed by atoms with E-state index in [9.17, 15) is 4.79 Å². The maximum absolute atomic E-state index is 12.1. The summed E-state index contributed by atoms with van der Waals surface area (Å²) in [5.74, 6) is 0.778. The molecule has 0 radical (unpaired) electrons. The number of aryl methyl sites for hydroxylation is 1. The van der Waals surface area contributed by atoms with Gasteiger partial charge in [0.2, 0.25) is 0 Å². The Hall–Kier alpha value is -3.01. The fraction of sp³-hybridized carbons (Fsp3) is 0.150. The van der Waals surface area contributed by atoms with Gasteiger partial charge in [0.1, 0.15) is 5.75 Å². The van der Waals surface area contributed by atoms with E-state index in [1.165, 1.54) is 0 Å². The fourth-order valence-electron chi connectivity index (χ4n) is 2.56. The molecule has 122 valence electrons. The summed E-state index contributed by atoms with van der Waals surface area (Å²) in [4.78, 5) is 12.1. The zero-order chi connectivity index (χ0) is 16.9. The number of fused-ring (bicyclic) bond motifs is 1. The first-order valence-corrected chi connectivity index (χ1v) is 7.87. The third-order valence-electron chi connectivity index (χ3n) is 4.05. The summed E-state index contributed by atoms with van der Waals surface area (Å²) < 4.78 is 5.64. The van der Waals surface area contributed by atoms with Crippen molar-refractivity contribution in [1.29, 1.82) is 0 Å². The summed E-state index contributed by atoms with van der Waals surface area (Å²) in [7, 11) is 0. The largest absolute Gasteiger partial charge is 0.473 e. The predicted molar refractivity (Wildman–Crippen MR) is 97.5 cm³/mol. The Balaban J connectivity index is 1.60. The molecule has 0 heterocycles. The highest BCUT2D eigenvalue weighted by molar-refractivity contribution is 6.01. The number of nitrogens with one attached hydrogen (secondary N) is 2.